The van der Waals surface area contributed by atoms with Gasteiger partial charge >= 0.3 is 0 Å². The van der Waals surface area contributed by atoms with Gasteiger partial charge in [0.25, 0.3) is 5.91 Å². The number of aliphatic hydroxyl groups is 1. The van der Waals surface area contributed by atoms with Crippen LogP contribution in [0.2, 0.25) is 4.34 Å². The predicted molar refractivity (Wildman–Crippen MR) is 74.3 cm³/mol. The van der Waals surface area contributed by atoms with Crippen LogP contribution in [0.1, 0.15) is 36.4 Å². The fraction of sp³-hybridized carbons (Fsp3) is 0.615. The Bertz CT molecular complexity index is 444. The highest BCUT2D eigenvalue weighted by Gasteiger charge is 2.31. The molecule has 1 saturated heterocycles. The first kappa shape index (κ1) is 13.8. The van der Waals surface area contributed by atoms with Crippen LogP contribution in [0.25, 0.3) is 0 Å². The molecular formula is C13H18ClNO2S. The summed E-state index contributed by atoms with van der Waals surface area (Å²) < 4.78 is 0.632. The Kier molecular flexibility index (Phi) is 3.99. The van der Waals surface area contributed by atoms with E-state index in [2.05, 4.69) is 13.8 Å². The van der Waals surface area contributed by atoms with Crippen molar-refractivity contribution in [1.82, 2.24) is 4.90 Å². The van der Waals surface area contributed by atoms with Gasteiger partial charge in [-0.25, -0.2) is 0 Å². The summed E-state index contributed by atoms with van der Waals surface area (Å²) in [5.74, 6) is 0.0223. The van der Waals surface area contributed by atoms with Crippen LogP contribution in [0.5, 0.6) is 0 Å². The average molecular weight is 288 g/mol. The number of amides is 1. The molecule has 1 amide bonds. The van der Waals surface area contributed by atoms with E-state index in [0.717, 1.165) is 6.42 Å². The molecule has 2 rings (SSSR count). The molecule has 1 aromatic rings. The van der Waals surface area contributed by atoms with E-state index < -0.39 is 0 Å². The zero-order chi connectivity index (χ0) is 13.3. The molecule has 2 heterocycles. The van der Waals surface area contributed by atoms with Gasteiger partial charge in [0.1, 0.15) is 0 Å². The minimum atomic E-state index is -0.315. The summed E-state index contributed by atoms with van der Waals surface area (Å²) in [6.07, 6.45) is 1.07. The molecule has 0 aromatic carbocycles. The fourth-order valence-electron chi connectivity index (χ4n) is 2.46. The van der Waals surface area contributed by atoms with E-state index in [9.17, 15) is 9.90 Å². The van der Waals surface area contributed by atoms with Crippen LogP contribution in [-0.2, 0) is 0 Å². The molecule has 1 aliphatic rings. The Morgan fingerprint density at radius 1 is 1.56 bits per heavy atom. The van der Waals surface area contributed by atoms with Gasteiger partial charge in [-0.05, 0) is 30.4 Å². The molecule has 3 nitrogen and oxygen atoms in total. The molecule has 100 valence electrons. The van der Waals surface area contributed by atoms with Crippen molar-refractivity contribution in [2.24, 2.45) is 5.41 Å². The van der Waals surface area contributed by atoms with E-state index in [1.54, 1.807) is 12.1 Å². The number of thiophene rings is 1. The van der Waals surface area contributed by atoms with Gasteiger partial charge in [0.2, 0.25) is 0 Å². The van der Waals surface area contributed by atoms with Crippen molar-refractivity contribution in [2.45, 2.75) is 32.8 Å². The summed E-state index contributed by atoms with van der Waals surface area (Å²) in [6, 6.07) is 3.51. The van der Waals surface area contributed by atoms with Crippen LogP contribution in [0.15, 0.2) is 12.1 Å². The highest BCUT2D eigenvalue weighted by Crippen LogP contribution is 2.30. The Morgan fingerprint density at radius 3 is 2.89 bits per heavy atom. The van der Waals surface area contributed by atoms with Crippen LogP contribution >= 0.6 is 22.9 Å². The zero-order valence-electron chi connectivity index (χ0n) is 10.6. The summed E-state index contributed by atoms with van der Waals surface area (Å²) >= 11 is 7.17. The molecule has 1 N–H and O–H groups in total. The van der Waals surface area contributed by atoms with Gasteiger partial charge in [0.05, 0.1) is 15.3 Å². The van der Waals surface area contributed by atoms with Crippen LogP contribution in [-0.4, -0.2) is 35.1 Å². The SMILES string of the molecule is CC1(C)CC(O)CCN(C(=O)c2ccc(Cl)s2)C1. The van der Waals surface area contributed by atoms with Crippen molar-refractivity contribution in [1.29, 1.82) is 0 Å². The Labute approximate surface area is 116 Å². The third-order valence-corrected chi connectivity index (χ3v) is 4.43. The third kappa shape index (κ3) is 3.25. The number of hydrogen-bond acceptors (Lipinski definition) is 3. The molecule has 18 heavy (non-hydrogen) atoms. The molecule has 1 aromatic heterocycles. The number of rotatable bonds is 1. The van der Waals surface area contributed by atoms with Gasteiger partial charge in [-0.2, -0.15) is 0 Å². The Morgan fingerprint density at radius 2 is 2.28 bits per heavy atom. The number of carbonyl (C=O) groups excluding carboxylic acids is 1. The number of likely N-dealkylation sites (tertiary alicyclic amines) is 1. The topological polar surface area (TPSA) is 40.5 Å². The van der Waals surface area contributed by atoms with E-state index >= 15 is 0 Å². The van der Waals surface area contributed by atoms with E-state index in [-0.39, 0.29) is 17.4 Å². The minimum absolute atomic E-state index is 0.0223. The second-order valence-corrected chi connectivity index (χ2v) is 7.36. The number of aliphatic hydroxyl groups excluding tert-OH is 1. The van der Waals surface area contributed by atoms with Gasteiger partial charge in [0, 0.05) is 13.1 Å². The smallest absolute Gasteiger partial charge is 0.263 e. The zero-order valence-corrected chi connectivity index (χ0v) is 12.2. The van der Waals surface area contributed by atoms with E-state index in [1.165, 1.54) is 11.3 Å². The van der Waals surface area contributed by atoms with Gasteiger partial charge in [0.15, 0.2) is 0 Å². The minimum Gasteiger partial charge on any atom is -0.393 e. The molecule has 1 atom stereocenters. The molecule has 1 unspecified atom stereocenters. The first-order valence-corrected chi connectivity index (χ1v) is 7.29. The molecule has 0 spiro atoms. The number of nitrogens with zero attached hydrogens (tertiary/aromatic N) is 1. The molecule has 0 bridgehead atoms. The van der Waals surface area contributed by atoms with E-state index in [4.69, 9.17) is 11.6 Å². The normalized spacial score (nSPS) is 23.8. The second kappa shape index (κ2) is 5.19. The first-order valence-electron chi connectivity index (χ1n) is 6.10. The Balaban J connectivity index is 2.15. The maximum absolute atomic E-state index is 12.4. The van der Waals surface area contributed by atoms with Crippen LogP contribution in [0.3, 0.4) is 0 Å². The van der Waals surface area contributed by atoms with Crippen LogP contribution in [0.4, 0.5) is 0 Å². The van der Waals surface area contributed by atoms with E-state index in [1.807, 2.05) is 4.90 Å². The molecule has 1 aliphatic heterocycles. The van der Waals surface area contributed by atoms with Gasteiger partial charge in [-0.1, -0.05) is 25.4 Å². The highest BCUT2D eigenvalue weighted by molar-refractivity contribution is 7.17. The first-order chi connectivity index (χ1) is 8.37. The fourth-order valence-corrected chi connectivity index (χ4v) is 3.47. The molecule has 0 aliphatic carbocycles. The number of halogens is 1. The maximum Gasteiger partial charge on any atom is 0.263 e. The van der Waals surface area contributed by atoms with E-state index in [0.29, 0.717) is 28.7 Å². The highest BCUT2D eigenvalue weighted by atomic mass is 35.5. The van der Waals surface area contributed by atoms with Crippen molar-refractivity contribution < 1.29 is 9.90 Å². The van der Waals surface area contributed by atoms with Crippen molar-refractivity contribution in [3.05, 3.63) is 21.3 Å². The lowest BCUT2D eigenvalue weighted by atomic mass is 9.87. The van der Waals surface area contributed by atoms with Gasteiger partial charge in [-0.15, -0.1) is 11.3 Å². The second-order valence-electron chi connectivity index (χ2n) is 5.64. The quantitative estimate of drug-likeness (QED) is 0.862. The van der Waals surface area contributed by atoms with Crippen LogP contribution in [0, 0.1) is 5.41 Å². The molecular weight excluding hydrogens is 270 g/mol. The Hall–Kier alpha value is -0.580. The molecule has 0 saturated carbocycles. The van der Waals surface area contributed by atoms with Crippen molar-refractivity contribution in [3.63, 3.8) is 0 Å². The summed E-state index contributed by atoms with van der Waals surface area (Å²) in [6.45, 7) is 5.46. The maximum atomic E-state index is 12.4. The standard InChI is InChI=1S/C13H18ClNO2S/c1-13(2)7-9(16)5-6-15(8-13)12(17)10-3-4-11(14)18-10/h3-4,9,16H,5-8H2,1-2H3. The lowest BCUT2D eigenvalue weighted by molar-refractivity contribution is 0.0709. The summed E-state index contributed by atoms with van der Waals surface area (Å²) in [5.41, 5.74) is -0.0490. The third-order valence-electron chi connectivity index (χ3n) is 3.21. The predicted octanol–water partition coefficient (Wildman–Crippen LogP) is 3.02. The van der Waals surface area contributed by atoms with Gasteiger partial charge < -0.3 is 10.0 Å². The summed E-state index contributed by atoms with van der Waals surface area (Å²) in [7, 11) is 0. The van der Waals surface area contributed by atoms with Gasteiger partial charge in [-0.3, -0.25) is 4.79 Å². The van der Waals surface area contributed by atoms with Crippen LogP contribution < -0.4 is 0 Å². The lowest BCUT2D eigenvalue weighted by Gasteiger charge is -2.29. The van der Waals surface area contributed by atoms with Crippen molar-refractivity contribution in [3.8, 4) is 0 Å². The number of carbonyl (C=O) groups is 1. The van der Waals surface area contributed by atoms with Crippen molar-refractivity contribution in [2.75, 3.05) is 13.1 Å². The summed E-state index contributed by atoms with van der Waals surface area (Å²) in [5, 5.41) is 9.84. The number of hydrogen-bond donors (Lipinski definition) is 1. The summed E-state index contributed by atoms with van der Waals surface area (Å²) in [4.78, 5) is 14.9. The van der Waals surface area contributed by atoms with Crippen molar-refractivity contribution >= 4 is 28.8 Å². The largest absolute Gasteiger partial charge is 0.393 e. The molecule has 1 fully saturated rings. The monoisotopic (exact) mass is 287 g/mol. The molecule has 5 heteroatoms. The average Bonchev–Trinajstić information content (AvgIpc) is 2.63. The molecule has 0 radical (unpaired) electrons. The lowest BCUT2D eigenvalue weighted by Crippen LogP contribution is -2.37.